The number of rotatable bonds is 5. The lowest BCUT2D eigenvalue weighted by Gasteiger charge is -2.32. The Morgan fingerprint density at radius 2 is 2.19 bits per heavy atom. The van der Waals surface area contributed by atoms with Gasteiger partial charge in [0, 0.05) is 19.5 Å². The minimum atomic E-state index is -0.0889. The minimum absolute atomic E-state index is 0.0889. The van der Waals surface area contributed by atoms with Gasteiger partial charge in [-0.25, -0.2) is 0 Å². The van der Waals surface area contributed by atoms with Crippen LogP contribution in [0.4, 0.5) is 0 Å². The summed E-state index contributed by atoms with van der Waals surface area (Å²) in [7, 11) is 1.57. The van der Waals surface area contributed by atoms with Crippen molar-refractivity contribution in [3.05, 3.63) is 24.1 Å². The number of nitrogens with zero attached hydrogens (tertiary/aromatic N) is 1. The molecular weight excluding hydrogens is 206 g/mol. The molecule has 0 radical (unpaired) electrons. The Labute approximate surface area is 96.7 Å². The van der Waals surface area contributed by atoms with Crippen molar-refractivity contribution in [1.82, 2.24) is 4.90 Å². The molecule has 4 N–H and O–H groups in total. The Kier molecular flexibility index (Phi) is 5.31. The highest BCUT2D eigenvalue weighted by Gasteiger charge is 2.18. The number of hydrogen-bond acceptors (Lipinski definition) is 5. The second-order valence-corrected chi connectivity index (χ2v) is 3.72. The van der Waals surface area contributed by atoms with E-state index >= 15 is 0 Å². The number of nitrogens with two attached hydrogens (primary N) is 2. The Hall–Kier alpha value is -1.04. The van der Waals surface area contributed by atoms with Crippen LogP contribution in [0.15, 0.2) is 24.1 Å². The minimum Gasteiger partial charge on any atom is -0.495 e. The molecule has 0 saturated carbocycles. The molecule has 92 valence electrons. The molecule has 0 aromatic carbocycles. The molecule has 1 rings (SSSR count). The standard InChI is InChI=1S/C11H21N3O2/c1-3-10(15-2)9(12)8-11(13)14-4-6-16-7-5-14/h3,11H,1,4-8,12-13H2,2H3/b10-9-. The van der Waals surface area contributed by atoms with Crippen molar-refractivity contribution < 1.29 is 9.47 Å². The second-order valence-electron chi connectivity index (χ2n) is 3.72. The lowest BCUT2D eigenvalue weighted by Crippen LogP contribution is -2.48. The monoisotopic (exact) mass is 227 g/mol. The van der Waals surface area contributed by atoms with E-state index in [0.717, 1.165) is 26.3 Å². The van der Waals surface area contributed by atoms with Crippen LogP contribution in [0, 0.1) is 0 Å². The van der Waals surface area contributed by atoms with E-state index in [9.17, 15) is 0 Å². The zero-order chi connectivity index (χ0) is 12.0. The third kappa shape index (κ3) is 3.52. The average molecular weight is 227 g/mol. The molecule has 0 amide bonds. The summed E-state index contributed by atoms with van der Waals surface area (Å²) >= 11 is 0. The first-order chi connectivity index (χ1) is 7.69. The highest BCUT2D eigenvalue weighted by Crippen LogP contribution is 2.10. The molecule has 1 aliphatic rings. The SMILES string of the molecule is C=C/C(OC)=C(/N)CC(N)N1CCOCC1. The Morgan fingerprint density at radius 3 is 2.69 bits per heavy atom. The van der Waals surface area contributed by atoms with E-state index in [1.165, 1.54) is 0 Å². The fourth-order valence-corrected chi connectivity index (χ4v) is 1.71. The van der Waals surface area contributed by atoms with Crippen LogP contribution in [0.2, 0.25) is 0 Å². The van der Waals surface area contributed by atoms with E-state index < -0.39 is 0 Å². The molecule has 0 aromatic rings. The number of ether oxygens (including phenoxy) is 2. The summed E-state index contributed by atoms with van der Waals surface area (Å²) < 4.78 is 10.4. The van der Waals surface area contributed by atoms with Gasteiger partial charge in [-0.15, -0.1) is 0 Å². The fourth-order valence-electron chi connectivity index (χ4n) is 1.71. The van der Waals surface area contributed by atoms with E-state index in [2.05, 4.69) is 11.5 Å². The summed E-state index contributed by atoms with van der Waals surface area (Å²) in [6, 6.07) is 0. The second kappa shape index (κ2) is 6.52. The largest absolute Gasteiger partial charge is 0.495 e. The maximum Gasteiger partial charge on any atom is 0.137 e. The average Bonchev–Trinajstić information content (AvgIpc) is 2.31. The van der Waals surface area contributed by atoms with Crippen molar-refractivity contribution in [3.63, 3.8) is 0 Å². The molecule has 5 heteroatoms. The van der Waals surface area contributed by atoms with Gasteiger partial charge < -0.3 is 20.9 Å². The molecule has 1 aliphatic heterocycles. The van der Waals surface area contributed by atoms with Crippen molar-refractivity contribution >= 4 is 0 Å². The molecule has 16 heavy (non-hydrogen) atoms. The normalized spacial score (nSPS) is 21.1. The third-order valence-electron chi connectivity index (χ3n) is 2.67. The molecule has 0 aliphatic carbocycles. The molecule has 0 bridgehead atoms. The van der Waals surface area contributed by atoms with E-state index in [1.54, 1.807) is 13.2 Å². The molecule has 1 fully saturated rings. The van der Waals surface area contributed by atoms with Crippen molar-refractivity contribution in [2.75, 3.05) is 33.4 Å². The van der Waals surface area contributed by atoms with E-state index in [4.69, 9.17) is 20.9 Å². The molecule has 0 aromatic heterocycles. The van der Waals surface area contributed by atoms with E-state index in [0.29, 0.717) is 17.9 Å². The van der Waals surface area contributed by atoms with Crippen LogP contribution in [0.3, 0.4) is 0 Å². The maximum absolute atomic E-state index is 6.06. The van der Waals surface area contributed by atoms with Crippen LogP contribution < -0.4 is 11.5 Å². The predicted molar refractivity (Wildman–Crippen MR) is 63.4 cm³/mol. The van der Waals surface area contributed by atoms with Crippen LogP contribution in [-0.4, -0.2) is 44.5 Å². The Bertz CT molecular complexity index is 260. The smallest absolute Gasteiger partial charge is 0.137 e. The topological polar surface area (TPSA) is 73.7 Å². The van der Waals surface area contributed by atoms with Crippen LogP contribution in [-0.2, 0) is 9.47 Å². The summed E-state index contributed by atoms with van der Waals surface area (Å²) in [5.74, 6) is 0.601. The molecule has 1 saturated heterocycles. The quantitative estimate of drug-likeness (QED) is 0.511. The number of methoxy groups -OCH3 is 1. The van der Waals surface area contributed by atoms with Crippen molar-refractivity contribution in [3.8, 4) is 0 Å². The van der Waals surface area contributed by atoms with Gasteiger partial charge in [-0.3, -0.25) is 4.90 Å². The first-order valence-electron chi connectivity index (χ1n) is 5.41. The lowest BCUT2D eigenvalue weighted by atomic mass is 10.2. The van der Waals surface area contributed by atoms with Gasteiger partial charge in [0.05, 0.1) is 32.2 Å². The lowest BCUT2D eigenvalue weighted by molar-refractivity contribution is 0.0176. The van der Waals surface area contributed by atoms with Crippen LogP contribution in [0.25, 0.3) is 0 Å². The molecule has 1 heterocycles. The summed E-state index contributed by atoms with van der Waals surface area (Å²) in [4.78, 5) is 2.16. The first-order valence-corrected chi connectivity index (χ1v) is 5.41. The van der Waals surface area contributed by atoms with Crippen LogP contribution in [0.5, 0.6) is 0 Å². The summed E-state index contributed by atoms with van der Waals surface area (Å²) in [6.45, 7) is 6.80. The van der Waals surface area contributed by atoms with Gasteiger partial charge in [0.25, 0.3) is 0 Å². The zero-order valence-corrected chi connectivity index (χ0v) is 9.82. The van der Waals surface area contributed by atoms with Gasteiger partial charge >= 0.3 is 0 Å². The van der Waals surface area contributed by atoms with Crippen molar-refractivity contribution in [1.29, 1.82) is 0 Å². The van der Waals surface area contributed by atoms with Gasteiger partial charge in [-0.2, -0.15) is 0 Å². The number of allylic oxidation sites excluding steroid dienone is 1. The third-order valence-corrected chi connectivity index (χ3v) is 2.67. The van der Waals surface area contributed by atoms with Crippen LogP contribution in [0.1, 0.15) is 6.42 Å². The Morgan fingerprint density at radius 1 is 1.56 bits per heavy atom. The number of morpholine rings is 1. The van der Waals surface area contributed by atoms with Gasteiger partial charge in [0.1, 0.15) is 5.76 Å². The summed E-state index contributed by atoms with van der Waals surface area (Å²) in [6.07, 6.45) is 2.09. The highest BCUT2D eigenvalue weighted by atomic mass is 16.5. The van der Waals surface area contributed by atoms with Crippen molar-refractivity contribution in [2.45, 2.75) is 12.6 Å². The molecular formula is C11H21N3O2. The highest BCUT2D eigenvalue weighted by molar-refractivity contribution is 5.16. The number of hydrogen-bond donors (Lipinski definition) is 2. The van der Waals surface area contributed by atoms with E-state index in [1.807, 2.05) is 0 Å². The summed E-state index contributed by atoms with van der Waals surface area (Å²) in [5.41, 5.74) is 12.6. The van der Waals surface area contributed by atoms with Gasteiger partial charge in [-0.05, 0) is 6.08 Å². The van der Waals surface area contributed by atoms with Gasteiger partial charge in [0.15, 0.2) is 0 Å². The molecule has 1 atom stereocenters. The molecule has 5 nitrogen and oxygen atoms in total. The predicted octanol–water partition coefficient (Wildman–Crippen LogP) is -0.00380. The maximum atomic E-state index is 6.06. The Balaban J connectivity index is 2.51. The summed E-state index contributed by atoms with van der Waals surface area (Å²) in [5, 5.41) is 0. The van der Waals surface area contributed by atoms with Gasteiger partial charge in [-0.1, -0.05) is 6.58 Å². The zero-order valence-electron chi connectivity index (χ0n) is 9.82. The van der Waals surface area contributed by atoms with Gasteiger partial charge in [0.2, 0.25) is 0 Å². The molecule has 1 unspecified atom stereocenters. The fraction of sp³-hybridized carbons (Fsp3) is 0.636. The van der Waals surface area contributed by atoms with Crippen LogP contribution >= 0.6 is 0 Å². The first kappa shape index (κ1) is 13.0. The molecule has 0 spiro atoms. The van der Waals surface area contributed by atoms with Crippen molar-refractivity contribution in [2.24, 2.45) is 11.5 Å². The van der Waals surface area contributed by atoms with E-state index in [-0.39, 0.29) is 6.17 Å².